The molecule has 1 saturated heterocycles. The molecular formula is C10H22N2OS. The Bertz CT molecular complexity index is 160. The van der Waals surface area contributed by atoms with Gasteiger partial charge in [-0.3, -0.25) is 0 Å². The Morgan fingerprint density at radius 3 is 2.93 bits per heavy atom. The second-order valence-electron chi connectivity index (χ2n) is 4.20. The van der Waals surface area contributed by atoms with Gasteiger partial charge in [0.15, 0.2) is 0 Å². The van der Waals surface area contributed by atoms with Crippen molar-refractivity contribution < 1.29 is 5.11 Å². The molecule has 14 heavy (non-hydrogen) atoms. The van der Waals surface area contributed by atoms with E-state index in [2.05, 4.69) is 12.2 Å². The van der Waals surface area contributed by atoms with Gasteiger partial charge in [0.05, 0.1) is 0 Å². The van der Waals surface area contributed by atoms with E-state index in [1.165, 1.54) is 12.2 Å². The van der Waals surface area contributed by atoms with Crippen molar-refractivity contribution in [1.82, 2.24) is 5.32 Å². The van der Waals surface area contributed by atoms with Crippen LogP contribution in [0.5, 0.6) is 0 Å². The molecule has 1 fully saturated rings. The fourth-order valence-electron chi connectivity index (χ4n) is 1.93. The molecule has 0 saturated carbocycles. The van der Waals surface area contributed by atoms with E-state index < -0.39 is 0 Å². The standard InChI is InChI=1S/C10H22N2OS/c1-9(3-2-5-13)12-10(7-11)4-6-14-8-10/h9,12-13H,2-8,11H2,1H3. The molecule has 0 amide bonds. The summed E-state index contributed by atoms with van der Waals surface area (Å²) in [5, 5.41) is 12.4. The highest BCUT2D eigenvalue weighted by molar-refractivity contribution is 7.99. The molecule has 0 bridgehead atoms. The van der Waals surface area contributed by atoms with E-state index in [0.717, 1.165) is 25.1 Å². The molecule has 0 aromatic rings. The number of thioether (sulfide) groups is 1. The number of aliphatic hydroxyl groups is 1. The Morgan fingerprint density at radius 1 is 1.64 bits per heavy atom. The molecule has 1 rings (SSSR count). The van der Waals surface area contributed by atoms with Gasteiger partial charge in [0.1, 0.15) is 0 Å². The molecule has 2 unspecified atom stereocenters. The molecule has 0 radical (unpaired) electrons. The first-order chi connectivity index (χ1) is 6.72. The summed E-state index contributed by atoms with van der Waals surface area (Å²) in [7, 11) is 0. The molecule has 0 aliphatic carbocycles. The number of hydrogen-bond donors (Lipinski definition) is 3. The molecule has 0 aromatic heterocycles. The molecule has 1 aliphatic rings. The van der Waals surface area contributed by atoms with Gasteiger partial charge in [0.2, 0.25) is 0 Å². The second kappa shape index (κ2) is 5.95. The largest absolute Gasteiger partial charge is 0.396 e. The van der Waals surface area contributed by atoms with E-state index in [4.69, 9.17) is 10.8 Å². The lowest BCUT2D eigenvalue weighted by atomic mass is 9.97. The minimum Gasteiger partial charge on any atom is -0.396 e. The van der Waals surface area contributed by atoms with Crippen LogP contribution >= 0.6 is 11.8 Å². The number of nitrogens with two attached hydrogens (primary N) is 1. The summed E-state index contributed by atoms with van der Waals surface area (Å²) in [6.07, 6.45) is 3.09. The fourth-order valence-corrected chi connectivity index (χ4v) is 3.35. The van der Waals surface area contributed by atoms with Crippen LogP contribution in [0.15, 0.2) is 0 Å². The van der Waals surface area contributed by atoms with Crippen LogP contribution in [-0.4, -0.2) is 41.3 Å². The van der Waals surface area contributed by atoms with Crippen molar-refractivity contribution in [3.63, 3.8) is 0 Å². The van der Waals surface area contributed by atoms with Gasteiger partial charge < -0.3 is 16.2 Å². The number of hydrogen-bond acceptors (Lipinski definition) is 4. The second-order valence-corrected chi connectivity index (χ2v) is 5.30. The zero-order valence-electron chi connectivity index (χ0n) is 8.96. The Kier molecular flexibility index (Phi) is 5.23. The highest BCUT2D eigenvalue weighted by Gasteiger charge is 2.33. The molecule has 84 valence electrons. The Hall–Kier alpha value is 0.230. The summed E-state index contributed by atoms with van der Waals surface area (Å²) in [4.78, 5) is 0. The van der Waals surface area contributed by atoms with Gasteiger partial charge >= 0.3 is 0 Å². The minimum atomic E-state index is 0.166. The molecule has 4 N–H and O–H groups in total. The maximum atomic E-state index is 8.74. The Labute approximate surface area is 90.8 Å². The highest BCUT2D eigenvalue weighted by atomic mass is 32.2. The van der Waals surface area contributed by atoms with Crippen LogP contribution in [0.2, 0.25) is 0 Å². The van der Waals surface area contributed by atoms with Gasteiger partial charge in [-0.25, -0.2) is 0 Å². The van der Waals surface area contributed by atoms with Crippen molar-refractivity contribution in [1.29, 1.82) is 0 Å². The first-order valence-electron chi connectivity index (χ1n) is 5.39. The summed E-state index contributed by atoms with van der Waals surface area (Å²) in [6, 6.07) is 0.462. The van der Waals surface area contributed by atoms with E-state index in [-0.39, 0.29) is 12.1 Å². The molecule has 1 heterocycles. The van der Waals surface area contributed by atoms with Crippen LogP contribution in [0.1, 0.15) is 26.2 Å². The summed E-state index contributed by atoms with van der Waals surface area (Å²) in [5.41, 5.74) is 5.99. The lowest BCUT2D eigenvalue weighted by Gasteiger charge is -2.31. The van der Waals surface area contributed by atoms with E-state index in [1.54, 1.807) is 0 Å². The number of nitrogens with one attached hydrogen (secondary N) is 1. The van der Waals surface area contributed by atoms with Crippen molar-refractivity contribution in [3.05, 3.63) is 0 Å². The molecule has 1 aliphatic heterocycles. The normalized spacial score (nSPS) is 29.4. The molecular weight excluding hydrogens is 196 g/mol. The maximum Gasteiger partial charge on any atom is 0.0431 e. The van der Waals surface area contributed by atoms with E-state index in [9.17, 15) is 0 Å². The van der Waals surface area contributed by atoms with Crippen LogP contribution in [0.3, 0.4) is 0 Å². The van der Waals surface area contributed by atoms with Crippen LogP contribution in [0.4, 0.5) is 0 Å². The van der Waals surface area contributed by atoms with Crippen LogP contribution < -0.4 is 11.1 Å². The van der Waals surface area contributed by atoms with Crippen molar-refractivity contribution in [2.45, 2.75) is 37.8 Å². The highest BCUT2D eigenvalue weighted by Crippen LogP contribution is 2.27. The number of aliphatic hydroxyl groups excluding tert-OH is 1. The number of rotatable bonds is 6. The molecule has 2 atom stereocenters. The van der Waals surface area contributed by atoms with Crippen LogP contribution in [-0.2, 0) is 0 Å². The van der Waals surface area contributed by atoms with Crippen molar-refractivity contribution >= 4 is 11.8 Å². The molecule has 3 nitrogen and oxygen atoms in total. The van der Waals surface area contributed by atoms with E-state index in [0.29, 0.717) is 6.04 Å². The van der Waals surface area contributed by atoms with Crippen molar-refractivity contribution in [3.8, 4) is 0 Å². The molecule has 4 heteroatoms. The summed E-state index contributed by atoms with van der Waals surface area (Å²) in [5.74, 6) is 2.35. The third-order valence-corrected chi connectivity index (χ3v) is 4.09. The average molecular weight is 218 g/mol. The predicted octanol–water partition coefficient (Wildman–Crippen LogP) is 0.571. The maximum absolute atomic E-state index is 8.74. The van der Waals surface area contributed by atoms with E-state index in [1.807, 2.05) is 11.8 Å². The minimum absolute atomic E-state index is 0.166. The predicted molar refractivity (Wildman–Crippen MR) is 62.6 cm³/mol. The Morgan fingerprint density at radius 2 is 2.43 bits per heavy atom. The van der Waals surface area contributed by atoms with Gasteiger partial charge in [0.25, 0.3) is 0 Å². The van der Waals surface area contributed by atoms with E-state index >= 15 is 0 Å². The Balaban J connectivity index is 2.32. The van der Waals surface area contributed by atoms with Gasteiger partial charge in [-0.05, 0) is 31.9 Å². The van der Waals surface area contributed by atoms with Crippen molar-refractivity contribution in [2.75, 3.05) is 24.7 Å². The molecule has 0 spiro atoms. The van der Waals surface area contributed by atoms with Crippen LogP contribution in [0.25, 0.3) is 0 Å². The quantitative estimate of drug-likeness (QED) is 0.610. The summed E-state index contributed by atoms with van der Waals surface area (Å²) in [6.45, 7) is 3.19. The SMILES string of the molecule is CC(CCCO)NC1(CN)CCSC1. The first-order valence-corrected chi connectivity index (χ1v) is 6.54. The zero-order valence-corrected chi connectivity index (χ0v) is 9.78. The smallest absolute Gasteiger partial charge is 0.0431 e. The topological polar surface area (TPSA) is 58.3 Å². The van der Waals surface area contributed by atoms with Crippen LogP contribution in [0, 0.1) is 0 Å². The van der Waals surface area contributed by atoms with Gasteiger partial charge in [-0.2, -0.15) is 11.8 Å². The monoisotopic (exact) mass is 218 g/mol. The third kappa shape index (κ3) is 3.42. The summed E-state index contributed by atoms with van der Waals surface area (Å²) >= 11 is 1.98. The zero-order chi connectivity index (χ0) is 10.4. The first kappa shape index (κ1) is 12.3. The van der Waals surface area contributed by atoms with Gasteiger partial charge in [0, 0.05) is 30.5 Å². The lowest BCUT2D eigenvalue weighted by Crippen LogP contribution is -2.54. The lowest BCUT2D eigenvalue weighted by molar-refractivity contribution is 0.262. The fraction of sp³-hybridized carbons (Fsp3) is 1.00. The average Bonchev–Trinajstić information content (AvgIpc) is 2.64. The van der Waals surface area contributed by atoms with Gasteiger partial charge in [-0.15, -0.1) is 0 Å². The molecule has 0 aromatic carbocycles. The summed E-state index contributed by atoms with van der Waals surface area (Å²) < 4.78 is 0. The van der Waals surface area contributed by atoms with Crippen molar-refractivity contribution in [2.24, 2.45) is 5.73 Å². The van der Waals surface area contributed by atoms with Gasteiger partial charge in [-0.1, -0.05) is 0 Å². The third-order valence-electron chi connectivity index (χ3n) is 2.84.